The minimum atomic E-state index is -0.301. The molecule has 9 nitrogen and oxygen atoms in total. The Morgan fingerprint density at radius 2 is 2.35 bits per heavy atom. The Bertz CT molecular complexity index is 733. The van der Waals surface area contributed by atoms with Crippen molar-refractivity contribution in [2.45, 2.75) is 18.8 Å². The number of morpholine rings is 1. The maximum absolute atomic E-state index is 12.2. The van der Waals surface area contributed by atoms with Gasteiger partial charge in [0.2, 0.25) is 0 Å². The lowest BCUT2D eigenvalue weighted by molar-refractivity contribution is -0.0600. The van der Waals surface area contributed by atoms with E-state index in [1.165, 1.54) is 11.3 Å². The van der Waals surface area contributed by atoms with E-state index in [-0.39, 0.29) is 18.2 Å². The van der Waals surface area contributed by atoms with E-state index in [0.717, 1.165) is 17.8 Å². The van der Waals surface area contributed by atoms with E-state index in [0.29, 0.717) is 24.9 Å². The first-order chi connectivity index (χ1) is 12.6. The topological polar surface area (TPSA) is 93.5 Å². The molecule has 1 fully saturated rings. The highest BCUT2D eigenvalue weighted by atomic mass is 32.1. The molecule has 0 spiro atoms. The largest absolute Gasteiger partial charge is 0.378 e. The van der Waals surface area contributed by atoms with Crippen LogP contribution in [-0.4, -0.2) is 65.7 Å². The number of nitrogens with zero attached hydrogens (tertiary/aromatic N) is 4. The molecule has 2 amide bonds. The highest BCUT2D eigenvalue weighted by Crippen LogP contribution is 2.27. The number of amides is 2. The molecule has 1 aliphatic rings. The zero-order valence-corrected chi connectivity index (χ0v) is 16.0. The quantitative estimate of drug-likeness (QED) is 0.783. The van der Waals surface area contributed by atoms with Crippen LogP contribution in [0.2, 0.25) is 0 Å². The van der Waals surface area contributed by atoms with Crippen LogP contribution in [-0.2, 0) is 23.1 Å². The Morgan fingerprint density at radius 1 is 1.50 bits per heavy atom. The van der Waals surface area contributed by atoms with Crippen molar-refractivity contribution in [2.75, 3.05) is 39.2 Å². The summed E-state index contributed by atoms with van der Waals surface area (Å²) in [6.45, 7) is 2.29. The van der Waals surface area contributed by atoms with Gasteiger partial charge in [0.25, 0.3) is 0 Å². The number of hydrogen-bond donors (Lipinski definition) is 2. The summed E-state index contributed by atoms with van der Waals surface area (Å²) in [7, 11) is 5.55. The average molecular weight is 380 g/mol. The molecular weight excluding hydrogens is 356 g/mol. The van der Waals surface area contributed by atoms with Crippen molar-refractivity contribution in [3.05, 3.63) is 29.0 Å². The molecule has 2 N–H and O–H groups in total. The van der Waals surface area contributed by atoms with Crippen molar-refractivity contribution in [3.63, 3.8) is 0 Å². The minimum absolute atomic E-state index is 0.0471. The number of urea groups is 1. The van der Waals surface area contributed by atoms with Crippen molar-refractivity contribution in [2.24, 2.45) is 7.05 Å². The fourth-order valence-electron chi connectivity index (χ4n) is 3.01. The van der Waals surface area contributed by atoms with Gasteiger partial charge in [-0.2, -0.15) is 5.10 Å². The molecule has 1 aliphatic heterocycles. The summed E-state index contributed by atoms with van der Waals surface area (Å²) >= 11 is 1.37. The van der Waals surface area contributed by atoms with Gasteiger partial charge in [-0.25, -0.2) is 9.78 Å². The van der Waals surface area contributed by atoms with Crippen molar-refractivity contribution < 1.29 is 14.3 Å². The van der Waals surface area contributed by atoms with Gasteiger partial charge >= 0.3 is 6.03 Å². The van der Waals surface area contributed by atoms with E-state index >= 15 is 0 Å². The van der Waals surface area contributed by atoms with E-state index in [9.17, 15) is 4.79 Å². The number of likely N-dealkylation sites (N-methyl/N-ethyl adjacent to an activating group) is 1. The van der Waals surface area contributed by atoms with Crippen molar-refractivity contribution in [1.29, 1.82) is 0 Å². The Labute approximate surface area is 156 Å². The van der Waals surface area contributed by atoms with Gasteiger partial charge in [-0.1, -0.05) is 0 Å². The molecule has 2 atom stereocenters. The van der Waals surface area contributed by atoms with Crippen LogP contribution in [0.3, 0.4) is 0 Å². The van der Waals surface area contributed by atoms with Gasteiger partial charge in [0.15, 0.2) is 5.13 Å². The standard InChI is InChI=1S/C16H24N6O3S/c1-21-4-5-25-13(14(21)11-6-18-22(2)8-11)7-17-15(23)20-16-19-12(9-24-3)10-26-16/h6,8,10,13-14H,4-5,7,9H2,1-3H3,(H2,17,19,20,23)/t13-,14-/m0/s1. The molecule has 0 aromatic carbocycles. The molecule has 142 valence electrons. The summed E-state index contributed by atoms with van der Waals surface area (Å²) in [5.74, 6) is 0. The second-order valence-electron chi connectivity index (χ2n) is 6.19. The molecule has 0 saturated carbocycles. The first-order valence-electron chi connectivity index (χ1n) is 8.35. The monoisotopic (exact) mass is 380 g/mol. The number of rotatable bonds is 6. The predicted molar refractivity (Wildman–Crippen MR) is 98.2 cm³/mol. The van der Waals surface area contributed by atoms with Crippen molar-refractivity contribution in [1.82, 2.24) is 25.0 Å². The second kappa shape index (κ2) is 8.58. The first-order valence-corrected chi connectivity index (χ1v) is 9.23. The molecule has 3 heterocycles. The Hall–Kier alpha value is -2.01. The normalized spacial score (nSPS) is 20.9. The molecular formula is C16H24N6O3S. The fraction of sp³-hybridized carbons (Fsp3) is 0.562. The Morgan fingerprint density at radius 3 is 3.08 bits per heavy atom. The lowest BCUT2D eigenvalue weighted by Gasteiger charge is -2.38. The first kappa shape index (κ1) is 18.8. The van der Waals surface area contributed by atoms with Crippen LogP contribution in [0, 0.1) is 0 Å². The van der Waals surface area contributed by atoms with Gasteiger partial charge in [0.05, 0.1) is 37.3 Å². The van der Waals surface area contributed by atoms with E-state index in [4.69, 9.17) is 9.47 Å². The van der Waals surface area contributed by atoms with Crippen LogP contribution in [0.4, 0.5) is 9.93 Å². The third-order valence-electron chi connectivity index (χ3n) is 4.20. The van der Waals surface area contributed by atoms with E-state index in [2.05, 4.69) is 32.7 Å². The second-order valence-corrected chi connectivity index (χ2v) is 7.05. The SMILES string of the molecule is COCc1csc(NC(=O)NC[C@@H]2OCCN(C)[C@H]2c2cnn(C)c2)n1. The zero-order valence-electron chi connectivity index (χ0n) is 15.1. The van der Waals surface area contributed by atoms with Gasteiger partial charge in [-0.05, 0) is 7.05 Å². The molecule has 1 saturated heterocycles. The van der Waals surface area contributed by atoms with Crippen LogP contribution in [0.15, 0.2) is 17.8 Å². The number of anilines is 1. The summed E-state index contributed by atoms with van der Waals surface area (Å²) in [5.41, 5.74) is 1.87. The number of nitrogens with one attached hydrogen (secondary N) is 2. The molecule has 0 unspecified atom stereocenters. The van der Waals surface area contributed by atoms with Crippen molar-refractivity contribution >= 4 is 22.5 Å². The third kappa shape index (κ3) is 4.58. The van der Waals surface area contributed by atoms with Gasteiger partial charge < -0.3 is 14.8 Å². The summed E-state index contributed by atoms with van der Waals surface area (Å²) < 4.78 is 12.7. The van der Waals surface area contributed by atoms with E-state index in [1.54, 1.807) is 11.8 Å². The molecule has 3 rings (SSSR count). The summed E-state index contributed by atoms with van der Waals surface area (Å²) in [4.78, 5) is 18.7. The third-order valence-corrected chi connectivity index (χ3v) is 5.00. The molecule has 26 heavy (non-hydrogen) atoms. The number of carbonyl (C=O) groups excluding carboxylic acids is 1. The number of thiazole rings is 1. The number of methoxy groups -OCH3 is 1. The van der Waals surface area contributed by atoms with Gasteiger partial charge in [-0.15, -0.1) is 11.3 Å². The lowest BCUT2D eigenvalue weighted by Crippen LogP contribution is -2.48. The van der Waals surface area contributed by atoms with E-state index < -0.39 is 0 Å². The maximum Gasteiger partial charge on any atom is 0.321 e. The zero-order chi connectivity index (χ0) is 18.5. The lowest BCUT2D eigenvalue weighted by atomic mass is 10.0. The minimum Gasteiger partial charge on any atom is -0.378 e. The smallest absolute Gasteiger partial charge is 0.321 e. The highest BCUT2D eigenvalue weighted by Gasteiger charge is 2.32. The number of aryl methyl sites for hydroxylation is 1. The summed E-state index contributed by atoms with van der Waals surface area (Å²) in [6.07, 6.45) is 3.68. The van der Waals surface area contributed by atoms with Crippen LogP contribution in [0.25, 0.3) is 0 Å². The predicted octanol–water partition coefficient (Wildman–Crippen LogP) is 1.22. The van der Waals surface area contributed by atoms with Crippen LogP contribution in [0.5, 0.6) is 0 Å². The maximum atomic E-state index is 12.2. The molecule has 0 bridgehead atoms. The van der Waals surface area contributed by atoms with Crippen LogP contribution >= 0.6 is 11.3 Å². The number of aromatic nitrogens is 3. The van der Waals surface area contributed by atoms with Crippen LogP contribution in [0.1, 0.15) is 17.3 Å². The number of hydrogen-bond acceptors (Lipinski definition) is 7. The van der Waals surface area contributed by atoms with Gasteiger partial charge in [0.1, 0.15) is 0 Å². The van der Waals surface area contributed by atoms with E-state index in [1.807, 2.05) is 24.8 Å². The molecule has 2 aromatic rings. The van der Waals surface area contributed by atoms with Crippen molar-refractivity contribution in [3.8, 4) is 0 Å². The fourth-order valence-corrected chi connectivity index (χ4v) is 3.70. The number of ether oxygens (including phenoxy) is 2. The van der Waals surface area contributed by atoms with Gasteiger partial charge in [0, 0.05) is 44.4 Å². The molecule has 0 radical (unpaired) electrons. The summed E-state index contributed by atoms with van der Waals surface area (Å²) in [5, 5.41) is 12.3. The van der Waals surface area contributed by atoms with Crippen LogP contribution < -0.4 is 10.6 Å². The Kier molecular flexibility index (Phi) is 6.20. The molecule has 0 aliphatic carbocycles. The average Bonchev–Trinajstić information content (AvgIpc) is 3.22. The highest BCUT2D eigenvalue weighted by molar-refractivity contribution is 7.13. The number of carbonyl (C=O) groups is 1. The molecule has 10 heteroatoms. The molecule has 2 aromatic heterocycles. The van der Waals surface area contributed by atoms with Gasteiger partial charge in [-0.3, -0.25) is 14.9 Å². The summed E-state index contributed by atoms with van der Waals surface area (Å²) in [6, 6.07) is -0.254. The Balaban J connectivity index is 1.56.